The molecular formula is C16H19NO6. The van der Waals surface area contributed by atoms with Gasteiger partial charge >= 0.3 is 5.97 Å². The molecule has 0 aromatic heterocycles. The standard InChI is InChI=1S/C16H19NO6/c1-21-9-10-22-11-23-14-7-3-2-5-12(14)15(18)17-8-4-6-13(17)16(19)20/h2-5,7-8,13H,6,9-11H2,1H3,(H,19,20). The summed E-state index contributed by atoms with van der Waals surface area (Å²) in [6.45, 7) is 0.803. The fraction of sp³-hybridized carbons (Fsp3) is 0.375. The smallest absolute Gasteiger partial charge is 0.327 e. The van der Waals surface area contributed by atoms with Gasteiger partial charge in [-0.2, -0.15) is 0 Å². The number of carbonyl (C=O) groups excluding carboxylic acids is 1. The lowest BCUT2D eigenvalue weighted by Gasteiger charge is -2.21. The van der Waals surface area contributed by atoms with Crippen molar-refractivity contribution in [2.75, 3.05) is 27.1 Å². The van der Waals surface area contributed by atoms with Crippen LogP contribution in [0, 0.1) is 0 Å². The average molecular weight is 321 g/mol. The molecule has 1 aromatic rings. The van der Waals surface area contributed by atoms with Crippen LogP contribution in [0.5, 0.6) is 5.75 Å². The molecule has 1 aromatic carbocycles. The molecule has 124 valence electrons. The fourth-order valence-corrected chi connectivity index (χ4v) is 2.16. The monoisotopic (exact) mass is 321 g/mol. The number of amides is 1. The molecule has 1 aliphatic heterocycles. The SMILES string of the molecule is COCCOCOc1ccccc1C(=O)N1C=CCC1C(=O)O. The first-order chi connectivity index (χ1) is 11.1. The molecule has 0 aliphatic carbocycles. The van der Waals surface area contributed by atoms with Gasteiger partial charge < -0.3 is 24.2 Å². The van der Waals surface area contributed by atoms with E-state index in [1.807, 2.05) is 0 Å². The largest absolute Gasteiger partial charge is 0.480 e. The van der Waals surface area contributed by atoms with Crippen molar-refractivity contribution in [1.29, 1.82) is 0 Å². The highest BCUT2D eigenvalue weighted by atomic mass is 16.7. The lowest BCUT2D eigenvalue weighted by Crippen LogP contribution is -2.38. The number of nitrogens with zero attached hydrogens (tertiary/aromatic N) is 1. The summed E-state index contributed by atoms with van der Waals surface area (Å²) in [7, 11) is 1.57. The van der Waals surface area contributed by atoms with Crippen molar-refractivity contribution in [1.82, 2.24) is 4.90 Å². The third-order valence-corrected chi connectivity index (χ3v) is 3.33. The predicted molar refractivity (Wildman–Crippen MR) is 81.1 cm³/mol. The molecule has 1 amide bonds. The molecule has 1 heterocycles. The van der Waals surface area contributed by atoms with Crippen molar-refractivity contribution >= 4 is 11.9 Å². The number of para-hydroxylation sites is 1. The van der Waals surface area contributed by atoms with E-state index in [0.717, 1.165) is 0 Å². The molecule has 1 N–H and O–H groups in total. The Bertz CT molecular complexity index is 586. The maximum atomic E-state index is 12.6. The van der Waals surface area contributed by atoms with Crippen LogP contribution in [0.25, 0.3) is 0 Å². The Balaban J connectivity index is 2.05. The van der Waals surface area contributed by atoms with Crippen LogP contribution in [-0.4, -0.2) is 55.0 Å². The van der Waals surface area contributed by atoms with E-state index in [1.165, 1.54) is 11.1 Å². The Morgan fingerprint density at radius 2 is 2.09 bits per heavy atom. The minimum atomic E-state index is -1.04. The van der Waals surface area contributed by atoms with Gasteiger partial charge in [0.15, 0.2) is 6.79 Å². The third kappa shape index (κ3) is 4.30. The second-order valence-electron chi connectivity index (χ2n) is 4.85. The van der Waals surface area contributed by atoms with E-state index in [0.29, 0.717) is 30.9 Å². The Hall–Kier alpha value is -2.38. The number of aliphatic carboxylic acids is 1. The van der Waals surface area contributed by atoms with E-state index in [-0.39, 0.29) is 6.79 Å². The quantitative estimate of drug-likeness (QED) is 0.577. The molecule has 0 bridgehead atoms. The van der Waals surface area contributed by atoms with Gasteiger partial charge in [0.1, 0.15) is 11.8 Å². The van der Waals surface area contributed by atoms with Gasteiger partial charge in [-0.25, -0.2) is 4.79 Å². The molecule has 0 saturated heterocycles. The summed E-state index contributed by atoms with van der Waals surface area (Å²) in [5.74, 6) is -1.11. The average Bonchev–Trinajstić information content (AvgIpc) is 3.04. The van der Waals surface area contributed by atoms with Crippen molar-refractivity contribution in [3.63, 3.8) is 0 Å². The second kappa shape index (κ2) is 8.30. The first kappa shape index (κ1) is 17.0. The Kier molecular flexibility index (Phi) is 6.13. The Morgan fingerprint density at radius 1 is 1.30 bits per heavy atom. The number of carboxylic acid groups (broad SMARTS) is 1. The van der Waals surface area contributed by atoms with Crippen LogP contribution in [0.2, 0.25) is 0 Å². The van der Waals surface area contributed by atoms with Crippen LogP contribution >= 0.6 is 0 Å². The summed E-state index contributed by atoms with van der Waals surface area (Å²) in [6, 6.07) is 5.78. The van der Waals surface area contributed by atoms with Crippen LogP contribution in [0.1, 0.15) is 16.8 Å². The van der Waals surface area contributed by atoms with Gasteiger partial charge in [0.25, 0.3) is 5.91 Å². The van der Waals surface area contributed by atoms with E-state index in [4.69, 9.17) is 14.2 Å². The highest BCUT2D eigenvalue weighted by Crippen LogP contribution is 2.24. The van der Waals surface area contributed by atoms with Crippen LogP contribution < -0.4 is 4.74 Å². The summed E-state index contributed by atoms with van der Waals surface area (Å²) in [6.07, 6.45) is 3.45. The van der Waals surface area contributed by atoms with Crippen molar-refractivity contribution in [3.8, 4) is 5.75 Å². The van der Waals surface area contributed by atoms with Crippen LogP contribution in [-0.2, 0) is 14.3 Å². The summed E-state index contributed by atoms with van der Waals surface area (Å²) >= 11 is 0. The molecule has 7 heteroatoms. The van der Waals surface area contributed by atoms with Crippen molar-refractivity contribution < 1.29 is 28.9 Å². The van der Waals surface area contributed by atoms with Gasteiger partial charge in [0.2, 0.25) is 0 Å². The third-order valence-electron chi connectivity index (χ3n) is 3.33. The summed E-state index contributed by atoms with van der Waals surface area (Å²) < 4.78 is 15.5. The highest BCUT2D eigenvalue weighted by molar-refractivity contribution is 6.00. The zero-order valence-corrected chi connectivity index (χ0v) is 12.8. The van der Waals surface area contributed by atoms with Gasteiger partial charge in [-0.1, -0.05) is 18.2 Å². The Morgan fingerprint density at radius 3 is 2.83 bits per heavy atom. The molecule has 1 atom stereocenters. The first-order valence-corrected chi connectivity index (χ1v) is 7.15. The number of methoxy groups -OCH3 is 1. The number of hydrogen-bond acceptors (Lipinski definition) is 5. The Labute approximate surface area is 134 Å². The fourth-order valence-electron chi connectivity index (χ4n) is 2.16. The molecule has 23 heavy (non-hydrogen) atoms. The topological polar surface area (TPSA) is 85.3 Å². The summed E-state index contributed by atoms with van der Waals surface area (Å²) in [4.78, 5) is 25.0. The first-order valence-electron chi connectivity index (χ1n) is 7.15. The number of rotatable bonds is 8. The maximum Gasteiger partial charge on any atom is 0.327 e. The van der Waals surface area contributed by atoms with Crippen LogP contribution in [0.15, 0.2) is 36.5 Å². The lowest BCUT2D eigenvalue weighted by molar-refractivity contribution is -0.141. The molecule has 0 fully saturated rings. The molecular weight excluding hydrogens is 302 g/mol. The van der Waals surface area contributed by atoms with Gasteiger partial charge in [-0.15, -0.1) is 0 Å². The van der Waals surface area contributed by atoms with Gasteiger partial charge in [0, 0.05) is 13.3 Å². The molecule has 0 saturated carbocycles. The van der Waals surface area contributed by atoms with Gasteiger partial charge in [0.05, 0.1) is 18.8 Å². The number of ether oxygens (including phenoxy) is 3. The predicted octanol–water partition coefficient (Wildman–Crippen LogP) is 1.50. The van der Waals surface area contributed by atoms with Crippen molar-refractivity contribution in [2.45, 2.75) is 12.5 Å². The summed E-state index contributed by atoms with van der Waals surface area (Å²) in [5, 5.41) is 9.18. The van der Waals surface area contributed by atoms with E-state index in [9.17, 15) is 14.7 Å². The van der Waals surface area contributed by atoms with Gasteiger partial charge in [-0.3, -0.25) is 4.79 Å². The molecule has 0 radical (unpaired) electrons. The zero-order chi connectivity index (χ0) is 16.7. The number of carbonyl (C=O) groups is 2. The minimum Gasteiger partial charge on any atom is -0.480 e. The number of carboxylic acids is 1. The molecule has 2 rings (SSSR count). The van der Waals surface area contributed by atoms with Gasteiger partial charge in [-0.05, 0) is 18.6 Å². The molecule has 7 nitrogen and oxygen atoms in total. The van der Waals surface area contributed by atoms with E-state index >= 15 is 0 Å². The minimum absolute atomic E-state index is 0.0220. The summed E-state index contributed by atoms with van der Waals surface area (Å²) in [5.41, 5.74) is 0.292. The second-order valence-corrected chi connectivity index (χ2v) is 4.85. The van der Waals surface area contributed by atoms with E-state index < -0.39 is 17.9 Å². The highest BCUT2D eigenvalue weighted by Gasteiger charge is 2.32. The van der Waals surface area contributed by atoms with E-state index in [2.05, 4.69) is 0 Å². The van der Waals surface area contributed by atoms with Crippen molar-refractivity contribution in [2.24, 2.45) is 0 Å². The molecule has 1 unspecified atom stereocenters. The number of hydrogen-bond donors (Lipinski definition) is 1. The van der Waals surface area contributed by atoms with E-state index in [1.54, 1.807) is 37.5 Å². The van der Waals surface area contributed by atoms with Crippen molar-refractivity contribution in [3.05, 3.63) is 42.1 Å². The molecule has 1 aliphatic rings. The number of benzene rings is 1. The maximum absolute atomic E-state index is 12.6. The lowest BCUT2D eigenvalue weighted by atomic mass is 10.1. The van der Waals surface area contributed by atoms with Crippen LogP contribution in [0.3, 0.4) is 0 Å². The zero-order valence-electron chi connectivity index (χ0n) is 12.8. The normalized spacial score (nSPS) is 16.6. The molecule has 0 spiro atoms. The van der Waals surface area contributed by atoms with Crippen LogP contribution in [0.4, 0.5) is 0 Å².